The van der Waals surface area contributed by atoms with E-state index in [2.05, 4.69) is 4.98 Å². The quantitative estimate of drug-likeness (QED) is 0.687. The molecule has 0 saturated carbocycles. The summed E-state index contributed by atoms with van der Waals surface area (Å²) >= 11 is 0. The fourth-order valence-corrected chi connectivity index (χ4v) is 0.823. The van der Waals surface area contributed by atoms with Gasteiger partial charge in [0.2, 0.25) is 6.41 Å². The second-order valence-corrected chi connectivity index (χ2v) is 2.62. The fourth-order valence-electron chi connectivity index (χ4n) is 0.823. The highest BCUT2D eigenvalue weighted by molar-refractivity contribution is 5.73. The molecule has 0 spiro atoms. The molecule has 1 aromatic rings. The van der Waals surface area contributed by atoms with Crippen LogP contribution in [0, 0.1) is 0 Å². The molecule has 0 atom stereocenters. The minimum atomic E-state index is -4.45. The van der Waals surface area contributed by atoms with Crippen LogP contribution in [0.4, 0.5) is 18.9 Å². The maximum Gasteiger partial charge on any atom is 0.433 e. The first-order valence-electron chi connectivity index (χ1n) is 3.66. The first-order chi connectivity index (χ1) is 6.45. The summed E-state index contributed by atoms with van der Waals surface area (Å²) in [5, 5.41) is 0. The number of anilines is 1. The van der Waals surface area contributed by atoms with Crippen LogP contribution in [0.2, 0.25) is 0 Å². The molecule has 0 aliphatic heterocycles. The Kier molecular flexibility index (Phi) is 2.73. The van der Waals surface area contributed by atoms with Gasteiger partial charge < -0.3 is 4.90 Å². The maximum atomic E-state index is 12.1. The molecule has 0 aliphatic carbocycles. The molecule has 1 amide bonds. The van der Waals surface area contributed by atoms with Gasteiger partial charge in [-0.25, -0.2) is 4.98 Å². The normalized spacial score (nSPS) is 11.1. The molecule has 0 aliphatic rings. The third-order valence-corrected chi connectivity index (χ3v) is 1.60. The number of amides is 1. The molecule has 0 bridgehead atoms. The number of hydrogen-bond acceptors (Lipinski definition) is 2. The Bertz CT molecular complexity index is 320. The van der Waals surface area contributed by atoms with Gasteiger partial charge in [0.05, 0.1) is 11.9 Å². The number of pyridine rings is 1. The van der Waals surface area contributed by atoms with Crippen molar-refractivity contribution in [1.82, 2.24) is 4.98 Å². The number of nitrogens with zero attached hydrogens (tertiary/aromatic N) is 2. The topological polar surface area (TPSA) is 33.2 Å². The van der Waals surface area contributed by atoms with Crippen molar-refractivity contribution in [2.45, 2.75) is 6.18 Å². The van der Waals surface area contributed by atoms with Crippen molar-refractivity contribution in [3.05, 3.63) is 24.0 Å². The van der Waals surface area contributed by atoms with E-state index >= 15 is 0 Å². The van der Waals surface area contributed by atoms with E-state index in [1.807, 2.05) is 0 Å². The monoisotopic (exact) mass is 204 g/mol. The zero-order valence-electron chi connectivity index (χ0n) is 7.25. The Morgan fingerprint density at radius 3 is 2.43 bits per heavy atom. The van der Waals surface area contributed by atoms with E-state index in [1.165, 1.54) is 13.1 Å². The molecule has 0 radical (unpaired) electrons. The van der Waals surface area contributed by atoms with Gasteiger partial charge in [-0.05, 0) is 12.1 Å². The Labute approximate surface area is 78.2 Å². The van der Waals surface area contributed by atoms with Crippen LogP contribution in [0.5, 0.6) is 0 Å². The van der Waals surface area contributed by atoms with Gasteiger partial charge in [-0.1, -0.05) is 0 Å². The molecule has 1 rings (SSSR count). The highest BCUT2D eigenvalue weighted by Crippen LogP contribution is 2.27. The number of alkyl halides is 3. The van der Waals surface area contributed by atoms with Crippen LogP contribution >= 0.6 is 0 Å². The zero-order chi connectivity index (χ0) is 10.8. The SMILES string of the molecule is CN(C=O)c1ccc(C(F)(F)F)nc1. The number of halogens is 3. The summed E-state index contributed by atoms with van der Waals surface area (Å²) in [6.45, 7) is 0. The Balaban J connectivity index is 2.95. The molecule has 0 aromatic carbocycles. The van der Waals surface area contributed by atoms with Gasteiger partial charge in [0.25, 0.3) is 0 Å². The number of hydrogen-bond donors (Lipinski definition) is 0. The highest BCUT2D eigenvalue weighted by atomic mass is 19.4. The molecule has 0 unspecified atom stereocenters. The molecule has 14 heavy (non-hydrogen) atoms. The van der Waals surface area contributed by atoms with E-state index in [0.29, 0.717) is 12.1 Å². The zero-order valence-corrected chi connectivity index (χ0v) is 7.25. The molecular weight excluding hydrogens is 197 g/mol. The van der Waals surface area contributed by atoms with Crippen molar-refractivity contribution in [3.63, 3.8) is 0 Å². The van der Waals surface area contributed by atoms with E-state index in [-0.39, 0.29) is 0 Å². The van der Waals surface area contributed by atoms with Crippen LogP contribution in [0.3, 0.4) is 0 Å². The third-order valence-electron chi connectivity index (χ3n) is 1.60. The van der Waals surface area contributed by atoms with E-state index in [4.69, 9.17) is 0 Å². The van der Waals surface area contributed by atoms with Crippen LogP contribution in [0.15, 0.2) is 18.3 Å². The van der Waals surface area contributed by atoms with Crippen LogP contribution in [-0.2, 0) is 11.0 Å². The number of carbonyl (C=O) groups is 1. The lowest BCUT2D eigenvalue weighted by Gasteiger charge is -2.11. The summed E-state index contributed by atoms with van der Waals surface area (Å²) < 4.78 is 36.2. The lowest BCUT2D eigenvalue weighted by molar-refractivity contribution is -0.141. The molecule has 0 fully saturated rings. The number of rotatable bonds is 2. The van der Waals surface area contributed by atoms with Crippen LogP contribution in [-0.4, -0.2) is 18.4 Å². The second kappa shape index (κ2) is 3.65. The van der Waals surface area contributed by atoms with E-state index < -0.39 is 11.9 Å². The summed E-state index contributed by atoms with van der Waals surface area (Å²) in [4.78, 5) is 14.6. The van der Waals surface area contributed by atoms with Crippen molar-refractivity contribution >= 4 is 12.1 Å². The summed E-state index contributed by atoms with van der Waals surface area (Å²) in [7, 11) is 1.43. The molecule has 1 heterocycles. The summed E-state index contributed by atoms with van der Waals surface area (Å²) in [5.41, 5.74) is -0.659. The number of aromatic nitrogens is 1. The Morgan fingerprint density at radius 1 is 1.43 bits per heavy atom. The lowest BCUT2D eigenvalue weighted by atomic mass is 10.3. The van der Waals surface area contributed by atoms with Gasteiger partial charge in [-0.3, -0.25) is 4.79 Å². The summed E-state index contributed by atoms with van der Waals surface area (Å²) in [5.74, 6) is 0. The van der Waals surface area contributed by atoms with Crippen molar-refractivity contribution in [1.29, 1.82) is 0 Å². The van der Waals surface area contributed by atoms with Crippen LogP contribution in [0.25, 0.3) is 0 Å². The van der Waals surface area contributed by atoms with Crippen molar-refractivity contribution in [2.24, 2.45) is 0 Å². The predicted octanol–water partition coefficient (Wildman–Crippen LogP) is 1.69. The molecule has 3 nitrogen and oxygen atoms in total. The molecule has 1 aromatic heterocycles. The summed E-state index contributed by atoms with van der Waals surface area (Å²) in [6.07, 6.45) is -2.96. The fraction of sp³-hybridized carbons (Fsp3) is 0.250. The van der Waals surface area contributed by atoms with Crippen LogP contribution in [0.1, 0.15) is 5.69 Å². The highest BCUT2D eigenvalue weighted by Gasteiger charge is 2.32. The van der Waals surface area contributed by atoms with Crippen molar-refractivity contribution in [3.8, 4) is 0 Å². The van der Waals surface area contributed by atoms with Gasteiger partial charge in [-0.15, -0.1) is 0 Å². The first kappa shape index (κ1) is 10.5. The molecule has 76 valence electrons. The third kappa shape index (κ3) is 2.21. The van der Waals surface area contributed by atoms with E-state index in [0.717, 1.165) is 17.2 Å². The van der Waals surface area contributed by atoms with Crippen LogP contribution < -0.4 is 4.90 Å². The number of carbonyl (C=O) groups excluding carboxylic acids is 1. The van der Waals surface area contributed by atoms with E-state index in [9.17, 15) is 18.0 Å². The van der Waals surface area contributed by atoms with Crippen molar-refractivity contribution < 1.29 is 18.0 Å². The van der Waals surface area contributed by atoms with Gasteiger partial charge in [0, 0.05) is 7.05 Å². The lowest BCUT2D eigenvalue weighted by Crippen LogP contribution is -2.15. The molecule has 0 saturated heterocycles. The van der Waals surface area contributed by atoms with Gasteiger partial charge in [0.15, 0.2) is 0 Å². The molecule has 6 heteroatoms. The molecular formula is C8H7F3N2O. The average molecular weight is 204 g/mol. The Morgan fingerprint density at radius 2 is 2.07 bits per heavy atom. The summed E-state index contributed by atoms with van der Waals surface area (Å²) in [6, 6.07) is 2.01. The van der Waals surface area contributed by atoms with E-state index in [1.54, 1.807) is 0 Å². The average Bonchev–Trinajstić information content (AvgIpc) is 2.15. The van der Waals surface area contributed by atoms with Gasteiger partial charge >= 0.3 is 6.18 Å². The molecule has 0 N–H and O–H groups in total. The second-order valence-electron chi connectivity index (χ2n) is 2.62. The largest absolute Gasteiger partial charge is 0.433 e. The Hall–Kier alpha value is -1.59. The smallest absolute Gasteiger partial charge is 0.317 e. The first-order valence-corrected chi connectivity index (χ1v) is 3.66. The minimum Gasteiger partial charge on any atom is -0.317 e. The standard InChI is InChI=1S/C8H7F3N2O/c1-13(5-14)6-2-3-7(12-4-6)8(9,10)11/h2-5H,1H3. The van der Waals surface area contributed by atoms with Gasteiger partial charge in [0.1, 0.15) is 5.69 Å². The van der Waals surface area contributed by atoms with Gasteiger partial charge in [-0.2, -0.15) is 13.2 Å². The van der Waals surface area contributed by atoms with Crippen molar-refractivity contribution in [2.75, 3.05) is 11.9 Å². The predicted molar refractivity (Wildman–Crippen MR) is 43.7 cm³/mol. The maximum absolute atomic E-state index is 12.1. The minimum absolute atomic E-state index is 0.313.